The summed E-state index contributed by atoms with van der Waals surface area (Å²) in [6.07, 6.45) is 1.72. The molecule has 1 N–H and O–H groups in total. The van der Waals surface area contributed by atoms with Gasteiger partial charge < -0.3 is 10.1 Å². The number of rotatable bonds is 3. The zero-order valence-electron chi connectivity index (χ0n) is 12.1. The maximum absolute atomic E-state index is 12.8. The monoisotopic (exact) mass is 342 g/mol. The molecule has 1 aromatic carbocycles. The number of ether oxygens (including phenoxy) is 1. The first-order valence-electron chi connectivity index (χ1n) is 7.13. The van der Waals surface area contributed by atoms with Crippen molar-refractivity contribution in [2.75, 3.05) is 13.2 Å². The van der Waals surface area contributed by atoms with E-state index in [2.05, 4.69) is 5.32 Å². The first kappa shape index (κ1) is 15.6. The lowest BCUT2D eigenvalue weighted by Crippen LogP contribution is -2.42. The van der Waals surface area contributed by atoms with Crippen LogP contribution in [-0.2, 0) is 15.1 Å². The number of benzene rings is 1. The van der Waals surface area contributed by atoms with E-state index in [1.54, 1.807) is 25.1 Å². The Hall–Kier alpha value is -1.30. The Balaban J connectivity index is 1.88. The molecule has 3 rings (SSSR count). The second-order valence-electron chi connectivity index (χ2n) is 5.73. The highest BCUT2D eigenvalue weighted by Crippen LogP contribution is 2.35. The molecular weight excluding hydrogens is 327 g/mol. The molecule has 0 aromatic heterocycles. The number of nitrogens with one attached hydrogen (secondary N) is 1. The lowest BCUT2D eigenvalue weighted by Gasteiger charge is -2.24. The molecule has 0 aliphatic carbocycles. The third kappa shape index (κ3) is 2.57. The normalized spacial score (nSPS) is 28.3. The maximum Gasteiger partial charge on any atom is 0.325 e. The molecule has 2 fully saturated rings. The molecule has 7 heteroatoms. The van der Waals surface area contributed by atoms with E-state index in [1.807, 2.05) is 0 Å². The molecule has 0 saturated carbocycles. The van der Waals surface area contributed by atoms with E-state index in [4.69, 9.17) is 27.9 Å². The highest BCUT2D eigenvalue weighted by Gasteiger charge is 2.50. The molecule has 3 amide bonds. The summed E-state index contributed by atoms with van der Waals surface area (Å²) >= 11 is 12.1. The van der Waals surface area contributed by atoms with Crippen LogP contribution >= 0.6 is 23.2 Å². The van der Waals surface area contributed by atoms with E-state index in [9.17, 15) is 9.59 Å². The number of urea groups is 1. The summed E-state index contributed by atoms with van der Waals surface area (Å²) in [6.45, 7) is 2.60. The minimum atomic E-state index is -1.18. The summed E-state index contributed by atoms with van der Waals surface area (Å²) in [5.41, 5.74) is -0.649. The van der Waals surface area contributed by atoms with Crippen LogP contribution in [0.3, 0.4) is 0 Å². The SMILES string of the molecule is C[C@@]1(c2ccc(Cl)cc2Cl)NC(=O)N(C[C@H]2CCCO2)C1=O. The largest absolute Gasteiger partial charge is 0.376 e. The standard InChI is InChI=1S/C15H16Cl2N2O3/c1-15(11-5-4-9(16)7-12(11)17)13(20)19(14(21)18-15)8-10-3-2-6-22-10/h4-5,7,10H,2-3,6,8H2,1H3,(H,18,21)/t10-,15+/m1/s1. The number of hydrogen-bond donors (Lipinski definition) is 1. The molecule has 118 valence electrons. The highest BCUT2D eigenvalue weighted by molar-refractivity contribution is 6.35. The fraction of sp³-hybridized carbons (Fsp3) is 0.467. The summed E-state index contributed by atoms with van der Waals surface area (Å²) in [4.78, 5) is 26.2. The Kier molecular flexibility index (Phi) is 4.05. The average molecular weight is 343 g/mol. The second-order valence-corrected chi connectivity index (χ2v) is 6.57. The fourth-order valence-electron chi connectivity index (χ4n) is 2.93. The van der Waals surface area contributed by atoms with Crippen molar-refractivity contribution in [1.82, 2.24) is 10.2 Å². The Morgan fingerprint density at radius 3 is 2.82 bits per heavy atom. The lowest BCUT2D eigenvalue weighted by atomic mass is 9.92. The Bertz CT molecular complexity index is 631. The van der Waals surface area contributed by atoms with E-state index < -0.39 is 11.6 Å². The Morgan fingerprint density at radius 2 is 2.18 bits per heavy atom. The van der Waals surface area contributed by atoms with E-state index in [1.165, 1.54) is 4.90 Å². The molecule has 0 bridgehead atoms. The van der Waals surface area contributed by atoms with Crippen molar-refractivity contribution >= 4 is 35.1 Å². The first-order valence-corrected chi connectivity index (χ1v) is 7.88. The molecule has 0 unspecified atom stereocenters. The zero-order valence-corrected chi connectivity index (χ0v) is 13.6. The van der Waals surface area contributed by atoms with Crippen LogP contribution in [0.1, 0.15) is 25.3 Å². The van der Waals surface area contributed by atoms with Crippen molar-refractivity contribution in [3.05, 3.63) is 33.8 Å². The van der Waals surface area contributed by atoms with Gasteiger partial charge in [-0.15, -0.1) is 0 Å². The van der Waals surface area contributed by atoms with Gasteiger partial charge in [0.25, 0.3) is 5.91 Å². The predicted octanol–water partition coefficient (Wildman–Crippen LogP) is 2.94. The van der Waals surface area contributed by atoms with Crippen molar-refractivity contribution in [2.45, 2.75) is 31.4 Å². The van der Waals surface area contributed by atoms with Gasteiger partial charge in [0.1, 0.15) is 5.54 Å². The van der Waals surface area contributed by atoms with Crippen LogP contribution in [0.25, 0.3) is 0 Å². The lowest BCUT2D eigenvalue weighted by molar-refractivity contribution is -0.132. The van der Waals surface area contributed by atoms with Gasteiger partial charge >= 0.3 is 6.03 Å². The van der Waals surface area contributed by atoms with Crippen molar-refractivity contribution in [3.63, 3.8) is 0 Å². The van der Waals surface area contributed by atoms with Gasteiger partial charge in [-0.05, 0) is 31.9 Å². The molecule has 0 spiro atoms. The van der Waals surface area contributed by atoms with Gasteiger partial charge in [-0.1, -0.05) is 29.3 Å². The fourth-order valence-corrected chi connectivity index (χ4v) is 3.53. The summed E-state index contributed by atoms with van der Waals surface area (Å²) in [7, 11) is 0. The smallest absolute Gasteiger partial charge is 0.325 e. The van der Waals surface area contributed by atoms with Gasteiger partial charge in [0, 0.05) is 22.2 Å². The number of nitrogens with zero attached hydrogens (tertiary/aromatic N) is 1. The van der Waals surface area contributed by atoms with Gasteiger partial charge in [0.2, 0.25) is 0 Å². The number of carbonyl (C=O) groups excluding carboxylic acids is 2. The second kappa shape index (κ2) is 5.72. The summed E-state index contributed by atoms with van der Waals surface area (Å²) < 4.78 is 5.51. The molecule has 2 atom stereocenters. The Labute approximate surface area is 138 Å². The minimum absolute atomic E-state index is 0.0854. The first-order chi connectivity index (χ1) is 10.4. The molecule has 2 aliphatic heterocycles. The van der Waals surface area contributed by atoms with E-state index in [0.717, 1.165) is 12.8 Å². The molecular formula is C15H16Cl2N2O3. The van der Waals surface area contributed by atoms with Crippen LogP contribution in [0.15, 0.2) is 18.2 Å². The van der Waals surface area contributed by atoms with E-state index in [0.29, 0.717) is 22.2 Å². The van der Waals surface area contributed by atoms with Gasteiger partial charge in [-0.2, -0.15) is 0 Å². The van der Waals surface area contributed by atoms with Crippen molar-refractivity contribution in [3.8, 4) is 0 Å². The molecule has 22 heavy (non-hydrogen) atoms. The van der Waals surface area contributed by atoms with Crippen LogP contribution < -0.4 is 5.32 Å². The number of carbonyl (C=O) groups is 2. The quantitative estimate of drug-likeness (QED) is 0.859. The van der Waals surface area contributed by atoms with Crippen molar-refractivity contribution in [2.24, 2.45) is 0 Å². The number of imide groups is 1. The molecule has 2 aliphatic rings. The summed E-state index contributed by atoms with van der Waals surface area (Å²) in [6, 6.07) is 4.45. The molecule has 2 heterocycles. The third-order valence-electron chi connectivity index (χ3n) is 4.15. The van der Waals surface area contributed by atoms with Crippen molar-refractivity contribution in [1.29, 1.82) is 0 Å². The molecule has 1 aromatic rings. The van der Waals surface area contributed by atoms with E-state index in [-0.39, 0.29) is 18.6 Å². The molecule has 0 radical (unpaired) electrons. The minimum Gasteiger partial charge on any atom is -0.376 e. The molecule has 2 saturated heterocycles. The van der Waals surface area contributed by atoms with Crippen LogP contribution in [-0.4, -0.2) is 36.1 Å². The topological polar surface area (TPSA) is 58.6 Å². The Morgan fingerprint density at radius 1 is 1.41 bits per heavy atom. The predicted molar refractivity (Wildman–Crippen MR) is 83.0 cm³/mol. The third-order valence-corrected chi connectivity index (χ3v) is 4.70. The summed E-state index contributed by atoms with van der Waals surface area (Å²) in [5.74, 6) is -0.322. The maximum atomic E-state index is 12.8. The average Bonchev–Trinajstić information content (AvgIpc) is 3.02. The van der Waals surface area contributed by atoms with Crippen LogP contribution in [0.5, 0.6) is 0 Å². The van der Waals surface area contributed by atoms with Crippen LogP contribution in [0.2, 0.25) is 10.0 Å². The number of hydrogen-bond acceptors (Lipinski definition) is 3. The van der Waals surface area contributed by atoms with Crippen molar-refractivity contribution < 1.29 is 14.3 Å². The number of amides is 3. The van der Waals surface area contributed by atoms with Crippen LogP contribution in [0.4, 0.5) is 4.79 Å². The van der Waals surface area contributed by atoms with Gasteiger partial charge in [-0.3, -0.25) is 9.69 Å². The van der Waals surface area contributed by atoms with Crippen LogP contribution in [0, 0.1) is 0 Å². The van der Waals surface area contributed by atoms with Gasteiger partial charge in [0.05, 0.1) is 12.6 Å². The van der Waals surface area contributed by atoms with E-state index >= 15 is 0 Å². The zero-order chi connectivity index (χ0) is 15.9. The summed E-state index contributed by atoms with van der Waals surface area (Å²) in [5, 5.41) is 3.56. The van der Waals surface area contributed by atoms with Gasteiger partial charge in [-0.25, -0.2) is 4.79 Å². The molecule has 5 nitrogen and oxygen atoms in total. The highest BCUT2D eigenvalue weighted by atomic mass is 35.5. The van der Waals surface area contributed by atoms with Gasteiger partial charge in [0.15, 0.2) is 0 Å². The number of halogens is 2.